The minimum atomic E-state index is 0.507. The van der Waals surface area contributed by atoms with Crippen molar-refractivity contribution >= 4 is 17.9 Å². The Morgan fingerprint density at radius 3 is 2.46 bits per heavy atom. The lowest BCUT2D eigenvalue weighted by atomic mass is 10.2. The Morgan fingerprint density at radius 2 is 1.73 bits per heavy atom. The maximum absolute atomic E-state index is 11.1. The number of nitrogens with zero attached hydrogens (tertiary/aromatic N) is 2. The molecule has 0 unspecified atom stereocenters. The van der Waals surface area contributed by atoms with E-state index in [-0.39, 0.29) is 0 Å². The van der Waals surface area contributed by atoms with Gasteiger partial charge >= 0.3 is 0 Å². The van der Waals surface area contributed by atoms with Crippen LogP contribution in [0.3, 0.4) is 0 Å². The van der Waals surface area contributed by atoms with Crippen LogP contribution in [-0.4, -0.2) is 55.4 Å². The van der Waals surface area contributed by atoms with Crippen molar-refractivity contribution in [1.29, 1.82) is 0 Å². The number of benzene rings is 2. The van der Waals surface area contributed by atoms with Gasteiger partial charge in [-0.25, -0.2) is 0 Å². The Labute approximate surface area is 160 Å². The molecule has 0 N–H and O–H groups in total. The number of carbonyl (C=O) groups excluding carboxylic acids is 1. The van der Waals surface area contributed by atoms with Crippen molar-refractivity contribution in [3.8, 4) is 5.75 Å². The second kappa shape index (κ2) is 9.72. The maximum Gasteiger partial charge on any atom is 0.153 e. The number of hydrogen-bond donors (Lipinski definition) is 0. The molecule has 1 aliphatic rings. The van der Waals surface area contributed by atoms with E-state index in [1.54, 1.807) is 18.2 Å². The average molecular weight is 373 g/mol. The minimum absolute atomic E-state index is 0.507. The van der Waals surface area contributed by atoms with Crippen LogP contribution in [0.2, 0.25) is 5.02 Å². The van der Waals surface area contributed by atoms with Gasteiger partial charge in [0, 0.05) is 44.3 Å². The van der Waals surface area contributed by atoms with E-state index in [2.05, 4.69) is 40.1 Å². The van der Waals surface area contributed by atoms with Gasteiger partial charge < -0.3 is 9.64 Å². The summed E-state index contributed by atoms with van der Waals surface area (Å²) in [7, 11) is 0. The molecule has 1 heterocycles. The van der Waals surface area contributed by atoms with Crippen molar-refractivity contribution in [2.75, 3.05) is 39.3 Å². The van der Waals surface area contributed by atoms with Gasteiger partial charge in [0.05, 0.1) is 12.2 Å². The van der Waals surface area contributed by atoms with Crippen LogP contribution in [0, 0.1) is 0 Å². The zero-order valence-corrected chi connectivity index (χ0v) is 15.7. The monoisotopic (exact) mass is 372 g/mol. The normalized spacial score (nSPS) is 15.7. The molecule has 2 aromatic rings. The highest BCUT2D eigenvalue weighted by Gasteiger charge is 2.16. The first-order valence-electron chi connectivity index (χ1n) is 9.11. The summed E-state index contributed by atoms with van der Waals surface area (Å²) in [5.74, 6) is 0.608. The smallest absolute Gasteiger partial charge is 0.153 e. The van der Waals surface area contributed by atoms with E-state index in [4.69, 9.17) is 16.3 Å². The highest BCUT2D eigenvalue weighted by molar-refractivity contribution is 6.30. The van der Waals surface area contributed by atoms with Crippen molar-refractivity contribution in [3.05, 3.63) is 64.7 Å². The second-order valence-corrected chi connectivity index (χ2v) is 7.04. The quantitative estimate of drug-likeness (QED) is 0.522. The molecule has 26 heavy (non-hydrogen) atoms. The van der Waals surface area contributed by atoms with Gasteiger partial charge in [-0.2, -0.15) is 0 Å². The van der Waals surface area contributed by atoms with Gasteiger partial charge in [0.1, 0.15) is 5.75 Å². The number of hydrogen-bond acceptors (Lipinski definition) is 4. The summed E-state index contributed by atoms with van der Waals surface area (Å²) in [6, 6.07) is 15.8. The first kappa shape index (κ1) is 18.9. The van der Waals surface area contributed by atoms with Crippen molar-refractivity contribution in [2.45, 2.75) is 13.0 Å². The zero-order valence-electron chi connectivity index (χ0n) is 14.9. The van der Waals surface area contributed by atoms with Gasteiger partial charge in [0.15, 0.2) is 6.29 Å². The molecule has 0 aromatic heterocycles. The number of piperazine rings is 1. The van der Waals surface area contributed by atoms with Gasteiger partial charge in [-0.1, -0.05) is 41.9 Å². The SMILES string of the molecule is O=Cc1cc(Cl)ccc1OCCCN1CCN(Cc2ccccc2)CC1. The first-order valence-corrected chi connectivity index (χ1v) is 9.48. The van der Waals surface area contributed by atoms with E-state index < -0.39 is 0 Å². The summed E-state index contributed by atoms with van der Waals surface area (Å²) in [4.78, 5) is 16.1. The molecule has 5 heteroatoms. The molecule has 0 radical (unpaired) electrons. The Morgan fingerprint density at radius 1 is 1.00 bits per heavy atom. The lowest BCUT2D eigenvalue weighted by molar-refractivity contribution is 0.111. The summed E-state index contributed by atoms with van der Waals surface area (Å²) in [5.41, 5.74) is 1.88. The third-order valence-electron chi connectivity index (χ3n) is 4.69. The molecule has 0 amide bonds. The third kappa shape index (κ3) is 5.56. The molecule has 0 aliphatic carbocycles. The summed E-state index contributed by atoms with van der Waals surface area (Å²) in [5, 5.41) is 0.549. The van der Waals surface area contributed by atoms with Crippen molar-refractivity contribution < 1.29 is 9.53 Å². The molecule has 1 saturated heterocycles. The molecule has 1 fully saturated rings. The Balaban J connectivity index is 1.35. The van der Waals surface area contributed by atoms with E-state index in [0.717, 1.165) is 52.0 Å². The van der Waals surface area contributed by atoms with Gasteiger partial charge in [0.25, 0.3) is 0 Å². The largest absolute Gasteiger partial charge is 0.493 e. The molecule has 2 aromatic carbocycles. The molecule has 1 aliphatic heterocycles. The van der Waals surface area contributed by atoms with E-state index in [1.807, 2.05) is 0 Å². The van der Waals surface area contributed by atoms with Gasteiger partial charge in [-0.15, -0.1) is 0 Å². The van der Waals surface area contributed by atoms with E-state index in [9.17, 15) is 4.79 Å². The summed E-state index contributed by atoms with van der Waals surface area (Å²) in [6.45, 7) is 7.03. The number of carbonyl (C=O) groups is 1. The number of aldehydes is 1. The van der Waals surface area contributed by atoms with Crippen LogP contribution in [0.5, 0.6) is 5.75 Å². The standard InChI is InChI=1S/C21H25ClN2O2/c22-20-7-8-21(19(15-20)17-25)26-14-4-9-23-10-12-24(13-11-23)16-18-5-2-1-3-6-18/h1-3,5-8,15,17H,4,9-14,16H2. The fourth-order valence-corrected chi connectivity index (χ4v) is 3.41. The Hall–Kier alpha value is -1.88. The molecule has 138 valence electrons. The van der Waals surface area contributed by atoms with E-state index in [1.165, 1.54) is 5.56 Å². The molecule has 0 bridgehead atoms. The zero-order chi connectivity index (χ0) is 18.2. The maximum atomic E-state index is 11.1. The van der Waals surface area contributed by atoms with E-state index in [0.29, 0.717) is 22.9 Å². The highest BCUT2D eigenvalue weighted by Crippen LogP contribution is 2.21. The average Bonchev–Trinajstić information content (AvgIpc) is 2.68. The van der Waals surface area contributed by atoms with Gasteiger partial charge in [-0.3, -0.25) is 9.69 Å². The molecule has 4 nitrogen and oxygen atoms in total. The topological polar surface area (TPSA) is 32.8 Å². The molecule has 3 rings (SSSR count). The molecular formula is C21H25ClN2O2. The summed E-state index contributed by atoms with van der Waals surface area (Å²) < 4.78 is 5.75. The predicted octanol–water partition coefficient (Wildman–Crippen LogP) is 3.74. The van der Waals surface area contributed by atoms with Crippen molar-refractivity contribution in [3.63, 3.8) is 0 Å². The van der Waals surface area contributed by atoms with Crippen molar-refractivity contribution in [2.24, 2.45) is 0 Å². The Bertz CT molecular complexity index is 700. The minimum Gasteiger partial charge on any atom is -0.493 e. The van der Waals surface area contributed by atoms with Crippen LogP contribution >= 0.6 is 11.6 Å². The summed E-state index contributed by atoms with van der Waals surface area (Å²) in [6.07, 6.45) is 1.73. The molecular weight excluding hydrogens is 348 g/mol. The van der Waals surface area contributed by atoms with Crippen LogP contribution in [0.4, 0.5) is 0 Å². The number of ether oxygens (including phenoxy) is 1. The lowest BCUT2D eigenvalue weighted by Gasteiger charge is -2.34. The second-order valence-electron chi connectivity index (χ2n) is 6.61. The number of halogens is 1. The van der Waals surface area contributed by atoms with Crippen LogP contribution in [0.25, 0.3) is 0 Å². The highest BCUT2D eigenvalue weighted by atomic mass is 35.5. The van der Waals surface area contributed by atoms with Crippen LogP contribution in [0.1, 0.15) is 22.3 Å². The molecule has 0 saturated carbocycles. The van der Waals surface area contributed by atoms with Crippen LogP contribution in [0.15, 0.2) is 48.5 Å². The summed E-state index contributed by atoms with van der Waals surface area (Å²) >= 11 is 5.90. The molecule has 0 spiro atoms. The van der Waals surface area contributed by atoms with Gasteiger partial charge in [-0.05, 0) is 30.2 Å². The third-order valence-corrected chi connectivity index (χ3v) is 4.92. The van der Waals surface area contributed by atoms with Crippen LogP contribution in [-0.2, 0) is 6.54 Å². The van der Waals surface area contributed by atoms with Gasteiger partial charge in [0.2, 0.25) is 0 Å². The molecule has 0 atom stereocenters. The van der Waals surface area contributed by atoms with E-state index >= 15 is 0 Å². The lowest BCUT2D eigenvalue weighted by Crippen LogP contribution is -2.46. The Kier molecular flexibility index (Phi) is 7.06. The van der Waals surface area contributed by atoms with Crippen LogP contribution < -0.4 is 4.74 Å². The first-order chi connectivity index (χ1) is 12.7. The van der Waals surface area contributed by atoms with Crippen molar-refractivity contribution in [1.82, 2.24) is 9.80 Å². The predicted molar refractivity (Wildman–Crippen MR) is 105 cm³/mol. The number of rotatable bonds is 8. The fraction of sp³-hybridized carbons (Fsp3) is 0.381. The fourth-order valence-electron chi connectivity index (χ4n) is 3.23.